The molecule has 0 atom stereocenters. The van der Waals surface area contributed by atoms with Crippen LogP contribution >= 0.6 is 0 Å². The maximum atomic E-state index is 13.3. The summed E-state index contributed by atoms with van der Waals surface area (Å²) < 4.78 is 50.2. The van der Waals surface area contributed by atoms with Gasteiger partial charge in [0.25, 0.3) is 0 Å². The van der Waals surface area contributed by atoms with Crippen LogP contribution in [0.5, 0.6) is 5.75 Å². The Bertz CT molecular complexity index is 824. The lowest BCUT2D eigenvalue weighted by molar-refractivity contribution is -0.139. The molecule has 0 heterocycles. The summed E-state index contributed by atoms with van der Waals surface area (Å²) in [4.78, 5) is 12.1. The van der Waals surface area contributed by atoms with Gasteiger partial charge in [-0.2, -0.15) is 13.2 Å². The number of alkyl halides is 3. The second-order valence-corrected chi connectivity index (χ2v) is 6.43. The normalized spacial score (nSPS) is 14.2. The molecule has 0 saturated heterocycles. The highest BCUT2D eigenvalue weighted by Gasteiger charge is 2.35. The van der Waals surface area contributed by atoms with E-state index in [1.807, 2.05) is 6.07 Å². The van der Waals surface area contributed by atoms with Crippen molar-refractivity contribution in [2.45, 2.75) is 38.5 Å². The van der Waals surface area contributed by atoms with Crippen LogP contribution in [0.1, 0.15) is 51.4 Å². The molecule has 2 aromatic rings. The Hall–Kier alpha value is -2.50. The lowest BCUT2D eigenvalue weighted by Gasteiger charge is -2.17. The van der Waals surface area contributed by atoms with E-state index in [1.165, 1.54) is 13.2 Å². The zero-order chi connectivity index (χ0) is 18.9. The van der Waals surface area contributed by atoms with Crippen molar-refractivity contribution in [1.82, 2.24) is 0 Å². The van der Waals surface area contributed by atoms with Crippen LogP contribution in [-0.2, 0) is 17.5 Å². The smallest absolute Gasteiger partial charge is 0.419 e. The van der Waals surface area contributed by atoms with Crippen LogP contribution in [0.2, 0.25) is 0 Å². The number of rotatable bonds is 5. The third-order valence-electron chi connectivity index (χ3n) is 4.45. The quantitative estimate of drug-likeness (QED) is 0.679. The van der Waals surface area contributed by atoms with E-state index >= 15 is 0 Å². The molecule has 0 unspecified atom stereocenters. The van der Waals surface area contributed by atoms with E-state index in [1.54, 1.807) is 25.1 Å². The van der Waals surface area contributed by atoms with Crippen LogP contribution in [0.3, 0.4) is 0 Å². The van der Waals surface area contributed by atoms with E-state index in [4.69, 9.17) is 9.47 Å². The van der Waals surface area contributed by atoms with Gasteiger partial charge in [0.1, 0.15) is 12.4 Å². The molecule has 1 saturated carbocycles. The number of esters is 1. The average Bonchev–Trinajstić information content (AvgIpc) is 3.44. The van der Waals surface area contributed by atoms with Gasteiger partial charge in [-0.3, -0.25) is 0 Å². The van der Waals surface area contributed by atoms with Gasteiger partial charge in [0.15, 0.2) is 0 Å². The number of carbonyl (C=O) groups is 1. The Balaban J connectivity index is 1.94. The number of carbonyl (C=O) groups excluding carboxylic acids is 1. The minimum Gasteiger partial charge on any atom is -0.488 e. The molecule has 2 aromatic carbocycles. The van der Waals surface area contributed by atoms with Gasteiger partial charge in [0, 0.05) is 5.56 Å². The van der Waals surface area contributed by atoms with Crippen molar-refractivity contribution in [1.29, 1.82) is 0 Å². The van der Waals surface area contributed by atoms with E-state index < -0.39 is 17.7 Å². The molecule has 3 rings (SSSR count). The Labute approximate surface area is 149 Å². The topological polar surface area (TPSA) is 35.5 Å². The number of methoxy groups -OCH3 is 1. The molecule has 1 fully saturated rings. The summed E-state index contributed by atoms with van der Waals surface area (Å²) in [6, 6.07) is 9.20. The van der Waals surface area contributed by atoms with E-state index in [2.05, 4.69) is 0 Å². The fourth-order valence-electron chi connectivity index (χ4n) is 2.98. The average molecular weight is 364 g/mol. The maximum Gasteiger partial charge on any atom is 0.419 e. The first-order valence-electron chi connectivity index (χ1n) is 8.32. The van der Waals surface area contributed by atoms with Crippen LogP contribution in [0, 0.1) is 6.92 Å². The first-order valence-corrected chi connectivity index (χ1v) is 8.32. The summed E-state index contributed by atoms with van der Waals surface area (Å²) >= 11 is 0. The molecule has 0 bridgehead atoms. The SMILES string of the molecule is COC(=O)c1cccc(C2CC2)c1COc1ccc(C)cc1C(F)(F)F. The van der Waals surface area contributed by atoms with E-state index in [9.17, 15) is 18.0 Å². The predicted octanol–water partition coefficient (Wildman–Crippen LogP) is 5.26. The van der Waals surface area contributed by atoms with Gasteiger partial charge >= 0.3 is 12.1 Å². The first-order chi connectivity index (χ1) is 12.3. The number of hydrogen-bond acceptors (Lipinski definition) is 3. The van der Waals surface area contributed by atoms with E-state index in [-0.39, 0.29) is 12.4 Å². The Kier molecular flexibility index (Phi) is 4.94. The third kappa shape index (κ3) is 3.84. The lowest BCUT2D eigenvalue weighted by atomic mass is 9.98. The van der Waals surface area contributed by atoms with Gasteiger partial charge in [-0.15, -0.1) is 0 Å². The summed E-state index contributed by atoms with van der Waals surface area (Å²) in [5.74, 6) is -0.450. The van der Waals surface area contributed by atoms with Crippen molar-refractivity contribution in [3.63, 3.8) is 0 Å². The molecule has 3 nitrogen and oxygen atoms in total. The molecule has 26 heavy (non-hydrogen) atoms. The molecule has 6 heteroatoms. The molecule has 0 spiro atoms. The van der Waals surface area contributed by atoms with Crippen LogP contribution in [-0.4, -0.2) is 13.1 Å². The Morgan fingerprint density at radius 1 is 1.19 bits per heavy atom. The Morgan fingerprint density at radius 3 is 2.54 bits per heavy atom. The van der Waals surface area contributed by atoms with Gasteiger partial charge < -0.3 is 9.47 Å². The highest BCUT2D eigenvalue weighted by atomic mass is 19.4. The third-order valence-corrected chi connectivity index (χ3v) is 4.45. The number of aryl methyl sites for hydroxylation is 1. The van der Waals surface area contributed by atoms with Gasteiger partial charge in [0.2, 0.25) is 0 Å². The van der Waals surface area contributed by atoms with E-state index in [0.717, 1.165) is 24.5 Å². The molecule has 0 radical (unpaired) electrons. The summed E-state index contributed by atoms with van der Waals surface area (Å²) in [6.45, 7) is 1.47. The van der Waals surface area contributed by atoms with E-state index in [0.29, 0.717) is 22.6 Å². The second kappa shape index (κ2) is 7.02. The van der Waals surface area contributed by atoms with Gasteiger partial charge in [-0.1, -0.05) is 23.8 Å². The van der Waals surface area contributed by atoms with Crippen LogP contribution in [0.15, 0.2) is 36.4 Å². The molecule has 0 aliphatic heterocycles. The summed E-state index contributed by atoms with van der Waals surface area (Å²) in [5, 5.41) is 0. The summed E-state index contributed by atoms with van der Waals surface area (Å²) in [7, 11) is 1.28. The fraction of sp³-hybridized carbons (Fsp3) is 0.350. The first kappa shape index (κ1) is 18.3. The van der Waals surface area contributed by atoms with Crippen molar-refractivity contribution in [3.05, 3.63) is 64.2 Å². The van der Waals surface area contributed by atoms with Crippen molar-refractivity contribution in [2.75, 3.05) is 7.11 Å². The van der Waals surface area contributed by atoms with Crippen LogP contribution in [0.25, 0.3) is 0 Å². The molecule has 1 aliphatic carbocycles. The highest BCUT2D eigenvalue weighted by Crippen LogP contribution is 2.43. The molecule has 0 amide bonds. The van der Waals surface area contributed by atoms with Crippen molar-refractivity contribution >= 4 is 5.97 Å². The summed E-state index contributed by atoms with van der Waals surface area (Å²) in [6.07, 6.45) is -2.52. The van der Waals surface area contributed by atoms with Crippen molar-refractivity contribution in [2.24, 2.45) is 0 Å². The van der Waals surface area contributed by atoms with Gasteiger partial charge in [0.05, 0.1) is 18.2 Å². The predicted molar refractivity (Wildman–Crippen MR) is 90.3 cm³/mol. The minimum absolute atomic E-state index is 0.122. The number of halogens is 3. The van der Waals surface area contributed by atoms with Crippen LogP contribution in [0.4, 0.5) is 13.2 Å². The molecule has 1 aliphatic rings. The monoisotopic (exact) mass is 364 g/mol. The largest absolute Gasteiger partial charge is 0.488 e. The maximum absolute atomic E-state index is 13.3. The van der Waals surface area contributed by atoms with Crippen molar-refractivity contribution in [3.8, 4) is 5.75 Å². The zero-order valence-corrected chi connectivity index (χ0v) is 14.5. The lowest BCUT2D eigenvalue weighted by Crippen LogP contribution is -2.13. The molecule has 0 N–H and O–H groups in total. The van der Waals surface area contributed by atoms with Gasteiger partial charge in [-0.25, -0.2) is 4.79 Å². The number of benzene rings is 2. The number of ether oxygens (including phenoxy) is 2. The second-order valence-electron chi connectivity index (χ2n) is 6.43. The fourth-order valence-corrected chi connectivity index (χ4v) is 2.98. The minimum atomic E-state index is -4.51. The standard InChI is InChI=1S/C20H19F3O3/c1-12-6-9-18(17(10-12)20(21,22)23)26-11-16-14(13-7-8-13)4-3-5-15(16)19(24)25-2/h3-6,9-10,13H,7-8,11H2,1-2H3. The molecule has 0 aromatic heterocycles. The Morgan fingerprint density at radius 2 is 1.92 bits per heavy atom. The molecule has 138 valence electrons. The van der Waals surface area contributed by atoms with Crippen LogP contribution < -0.4 is 4.74 Å². The zero-order valence-electron chi connectivity index (χ0n) is 14.5. The van der Waals surface area contributed by atoms with Gasteiger partial charge in [-0.05, 0) is 49.4 Å². The van der Waals surface area contributed by atoms with Crippen molar-refractivity contribution < 1.29 is 27.4 Å². The molecular formula is C20H19F3O3. The molecular weight excluding hydrogens is 345 g/mol. The number of hydrogen-bond donors (Lipinski definition) is 0. The summed E-state index contributed by atoms with van der Waals surface area (Å²) in [5.41, 5.74) is 1.54. The highest BCUT2D eigenvalue weighted by molar-refractivity contribution is 5.91.